The topological polar surface area (TPSA) is 32.7 Å². The second-order valence-corrected chi connectivity index (χ2v) is 6.31. The van der Waals surface area contributed by atoms with E-state index in [2.05, 4.69) is 24.0 Å². The molecule has 3 heteroatoms. The quantitative estimate of drug-likeness (QED) is 0.916. The third-order valence-corrected chi connectivity index (χ3v) is 5.00. The average molecular weight is 283 g/mol. The molecular formula is C18H21NO2. The summed E-state index contributed by atoms with van der Waals surface area (Å²) < 4.78 is 5.91. The summed E-state index contributed by atoms with van der Waals surface area (Å²) in [6, 6.07) is 12.4. The fraction of sp³-hybridized carbons (Fsp3) is 0.444. The number of phenolic OH excluding ortho intramolecular Hbond substituents is 1. The number of benzene rings is 2. The fourth-order valence-corrected chi connectivity index (χ4v) is 3.77. The van der Waals surface area contributed by atoms with E-state index in [1.165, 1.54) is 12.8 Å². The molecular weight excluding hydrogens is 262 g/mol. The SMILES string of the molecule is CC(c1ccc2ccccc2c1O)N1CC2CCC(C1)O2. The summed E-state index contributed by atoms with van der Waals surface area (Å²) in [5, 5.41) is 12.7. The Morgan fingerprint density at radius 1 is 1.10 bits per heavy atom. The number of aromatic hydroxyl groups is 1. The van der Waals surface area contributed by atoms with Gasteiger partial charge in [-0.1, -0.05) is 36.4 Å². The van der Waals surface area contributed by atoms with Crippen LogP contribution in [-0.4, -0.2) is 35.3 Å². The van der Waals surface area contributed by atoms with Crippen LogP contribution >= 0.6 is 0 Å². The molecule has 4 rings (SSSR count). The van der Waals surface area contributed by atoms with Gasteiger partial charge in [-0.2, -0.15) is 0 Å². The number of nitrogens with zero attached hydrogens (tertiary/aromatic N) is 1. The molecule has 2 heterocycles. The normalized spacial score (nSPS) is 27.1. The Hall–Kier alpha value is -1.58. The minimum Gasteiger partial charge on any atom is -0.507 e. The van der Waals surface area contributed by atoms with Crippen LogP contribution < -0.4 is 0 Å². The first-order valence-corrected chi connectivity index (χ1v) is 7.82. The molecule has 2 saturated heterocycles. The predicted octanol–water partition coefficient (Wildman–Crippen LogP) is 3.47. The van der Waals surface area contributed by atoms with Crippen LogP contribution in [0.4, 0.5) is 0 Å². The van der Waals surface area contributed by atoms with Crippen molar-refractivity contribution >= 4 is 10.8 Å². The van der Waals surface area contributed by atoms with Crippen molar-refractivity contribution in [2.45, 2.75) is 38.0 Å². The molecule has 21 heavy (non-hydrogen) atoms. The van der Waals surface area contributed by atoms with Crippen molar-refractivity contribution in [3.05, 3.63) is 42.0 Å². The highest BCUT2D eigenvalue weighted by molar-refractivity contribution is 5.89. The molecule has 0 saturated carbocycles. The van der Waals surface area contributed by atoms with Gasteiger partial charge in [-0.15, -0.1) is 0 Å². The van der Waals surface area contributed by atoms with E-state index < -0.39 is 0 Å². The van der Waals surface area contributed by atoms with Crippen LogP contribution in [0.25, 0.3) is 10.8 Å². The van der Waals surface area contributed by atoms with E-state index in [1.807, 2.05) is 24.3 Å². The van der Waals surface area contributed by atoms with Crippen LogP contribution in [0.3, 0.4) is 0 Å². The Morgan fingerprint density at radius 2 is 1.81 bits per heavy atom. The Labute approximate surface area is 125 Å². The van der Waals surface area contributed by atoms with Gasteiger partial charge in [-0.3, -0.25) is 4.90 Å². The van der Waals surface area contributed by atoms with Crippen molar-refractivity contribution < 1.29 is 9.84 Å². The van der Waals surface area contributed by atoms with Crippen molar-refractivity contribution in [3.63, 3.8) is 0 Å². The van der Waals surface area contributed by atoms with Gasteiger partial charge in [0.05, 0.1) is 12.2 Å². The van der Waals surface area contributed by atoms with E-state index in [1.54, 1.807) is 0 Å². The van der Waals surface area contributed by atoms with Gasteiger partial charge in [0.15, 0.2) is 0 Å². The summed E-state index contributed by atoms with van der Waals surface area (Å²) in [5.74, 6) is 0.430. The van der Waals surface area contributed by atoms with E-state index >= 15 is 0 Å². The zero-order valence-electron chi connectivity index (χ0n) is 12.3. The van der Waals surface area contributed by atoms with Gasteiger partial charge in [0.25, 0.3) is 0 Å². The molecule has 0 aliphatic carbocycles. The van der Waals surface area contributed by atoms with E-state index in [-0.39, 0.29) is 6.04 Å². The van der Waals surface area contributed by atoms with Gasteiger partial charge in [0.1, 0.15) is 5.75 Å². The lowest BCUT2D eigenvalue weighted by Gasteiger charge is -2.36. The van der Waals surface area contributed by atoms with Crippen molar-refractivity contribution in [1.82, 2.24) is 4.90 Å². The molecule has 2 aliphatic rings. The van der Waals surface area contributed by atoms with Crippen molar-refractivity contribution in [3.8, 4) is 5.75 Å². The molecule has 0 aromatic heterocycles. The highest BCUT2D eigenvalue weighted by Crippen LogP contribution is 2.37. The molecule has 0 amide bonds. The number of phenols is 1. The standard InChI is InChI=1S/C18H21NO2/c1-12(19-10-14-7-8-15(11-19)21-14)16-9-6-13-4-2-3-5-17(13)18(16)20/h2-6,9,12,14-15,20H,7-8,10-11H2,1H3. The molecule has 3 unspecified atom stereocenters. The van der Waals surface area contributed by atoms with Crippen molar-refractivity contribution in [2.75, 3.05) is 13.1 Å². The Balaban J connectivity index is 1.67. The first kappa shape index (κ1) is 13.1. The minimum atomic E-state index is 0.224. The zero-order valence-corrected chi connectivity index (χ0v) is 12.3. The second kappa shape index (κ2) is 5.00. The van der Waals surface area contributed by atoms with Crippen LogP contribution in [0.15, 0.2) is 36.4 Å². The maximum absolute atomic E-state index is 10.6. The van der Waals surface area contributed by atoms with Gasteiger partial charge in [0.2, 0.25) is 0 Å². The molecule has 2 aromatic carbocycles. The Kier molecular flexibility index (Phi) is 3.12. The molecule has 0 radical (unpaired) electrons. The van der Waals surface area contributed by atoms with Gasteiger partial charge in [-0.05, 0) is 25.2 Å². The average Bonchev–Trinajstić information content (AvgIpc) is 2.85. The lowest BCUT2D eigenvalue weighted by atomic mass is 9.99. The van der Waals surface area contributed by atoms with Gasteiger partial charge >= 0.3 is 0 Å². The zero-order chi connectivity index (χ0) is 14.4. The first-order valence-electron chi connectivity index (χ1n) is 7.82. The van der Waals surface area contributed by atoms with E-state index in [4.69, 9.17) is 4.74 Å². The molecule has 0 spiro atoms. The summed E-state index contributed by atoms with van der Waals surface area (Å²) in [7, 11) is 0. The Morgan fingerprint density at radius 3 is 2.57 bits per heavy atom. The summed E-state index contributed by atoms with van der Waals surface area (Å²) in [6.45, 7) is 4.14. The molecule has 2 fully saturated rings. The monoisotopic (exact) mass is 283 g/mol. The van der Waals surface area contributed by atoms with Gasteiger partial charge < -0.3 is 9.84 Å². The molecule has 1 N–H and O–H groups in total. The number of morpholine rings is 1. The van der Waals surface area contributed by atoms with E-state index in [0.29, 0.717) is 18.0 Å². The molecule has 3 nitrogen and oxygen atoms in total. The van der Waals surface area contributed by atoms with Crippen LogP contribution in [0, 0.1) is 0 Å². The van der Waals surface area contributed by atoms with Crippen LogP contribution in [-0.2, 0) is 4.74 Å². The molecule has 2 aromatic rings. The largest absolute Gasteiger partial charge is 0.507 e. The lowest BCUT2D eigenvalue weighted by molar-refractivity contribution is -0.0511. The van der Waals surface area contributed by atoms with Crippen LogP contribution in [0.1, 0.15) is 31.4 Å². The number of hydrogen-bond donors (Lipinski definition) is 1. The fourth-order valence-electron chi connectivity index (χ4n) is 3.77. The maximum atomic E-state index is 10.6. The predicted molar refractivity (Wildman–Crippen MR) is 83.5 cm³/mol. The Bertz CT molecular complexity index is 657. The van der Waals surface area contributed by atoms with Crippen LogP contribution in [0.2, 0.25) is 0 Å². The summed E-state index contributed by atoms with van der Waals surface area (Å²) in [6.07, 6.45) is 3.12. The number of fused-ring (bicyclic) bond motifs is 3. The lowest BCUT2D eigenvalue weighted by Crippen LogP contribution is -2.43. The second-order valence-electron chi connectivity index (χ2n) is 6.31. The number of hydrogen-bond acceptors (Lipinski definition) is 3. The van der Waals surface area contributed by atoms with Crippen LogP contribution in [0.5, 0.6) is 5.75 Å². The minimum absolute atomic E-state index is 0.224. The smallest absolute Gasteiger partial charge is 0.128 e. The third-order valence-electron chi connectivity index (χ3n) is 5.00. The first-order chi connectivity index (χ1) is 10.2. The molecule has 2 bridgehead atoms. The molecule has 3 atom stereocenters. The van der Waals surface area contributed by atoms with Crippen molar-refractivity contribution in [1.29, 1.82) is 0 Å². The molecule has 110 valence electrons. The number of ether oxygens (including phenoxy) is 1. The van der Waals surface area contributed by atoms with Gasteiger partial charge in [-0.25, -0.2) is 0 Å². The third kappa shape index (κ3) is 2.21. The number of likely N-dealkylation sites (tertiary alicyclic amines) is 1. The summed E-state index contributed by atoms with van der Waals surface area (Å²) in [4.78, 5) is 2.45. The van der Waals surface area contributed by atoms with Gasteiger partial charge in [0, 0.05) is 30.1 Å². The van der Waals surface area contributed by atoms with E-state index in [0.717, 1.165) is 29.4 Å². The maximum Gasteiger partial charge on any atom is 0.128 e. The summed E-state index contributed by atoms with van der Waals surface area (Å²) >= 11 is 0. The molecule has 2 aliphatic heterocycles. The summed E-state index contributed by atoms with van der Waals surface area (Å²) in [5.41, 5.74) is 1.02. The van der Waals surface area contributed by atoms with Crippen molar-refractivity contribution in [2.24, 2.45) is 0 Å². The number of rotatable bonds is 2. The highest BCUT2D eigenvalue weighted by Gasteiger charge is 2.36. The highest BCUT2D eigenvalue weighted by atomic mass is 16.5. The van der Waals surface area contributed by atoms with E-state index in [9.17, 15) is 5.11 Å².